The molecule has 0 spiro atoms. The first kappa shape index (κ1) is 10.5. The molecule has 0 saturated heterocycles. The van der Waals surface area contributed by atoms with Gasteiger partial charge in [-0.25, -0.2) is 12.8 Å². The Morgan fingerprint density at radius 2 is 1.94 bits per heavy atom. The average Bonchev–Trinajstić information content (AvgIpc) is 2.83. The summed E-state index contributed by atoms with van der Waals surface area (Å²) in [6.45, 7) is 0. The Kier molecular flexibility index (Phi) is 2.09. The van der Waals surface area contributed by atoms with Crippen molar-refractivity contribution in [1.29, 1.82) is 0 Å². The second-order valence-corrected chi connectivity index (χ2v) is 5.85. The molecule has 0 fully saturated rings. The fraction of sp³-hybridized carbons (Fsp3) is 0.182. The molecule has 1 aromatic rings. The molecule has 2 aliphatic rings. The van der Waals surface area contributed by atoms with E-state index in [0.29, 0.717) is 11.3 Å². The maximum Gasteiger partial charge on any atom is 0.184 e. The van der Waals surface area contributed by atoms with Gasteiger partial charge in [-0.15, -0.1) is 0 Å². The normalized spacial score (nSPS) is 28.6. The smallest absolute Gasteiger partial charge is 0.184 e. The van der Waals surface area contributed by atoms with E-state index in [1.165, 1.54) is 30.3 Å². The van der Waals surface area contributed by atoms with Gasteiger partial charge < -0.3 is 4.84 Å². The quantitative estimate of drug-likeness (QED) is 0.756. The van der Waals surface area contributed by atoms with E-state index in [2.05, 4.69) is 5.16 Å². The Hall–Kier alpha value is -1.69. The second kappa shape index (κ2) is 3.40. The SMILES string of the molecule is O=S1(=O)C=CC2ON=C(c3ccc(F)cc3)C21. The summed E-state index contributed by atoms with van der Waals surface area (Å²) >= 11 is 0. The fourth-order valence-corrected chi connectivity index (χ4v) is 3.52. The van der Waals surface area contributed by atoms with E-state index in [-0.39, 0.29) is 5.82 Å². The molecular formula is C11H8FNO3S. The zero-order valence-corrected chi connectivity index (χ0v) is 9.39. The number of nitrogens with zero attached hydrogens (tertiary/aromatic N) is 1. The van der Waals surface area contributed by atoms with Crippen LogP contribution in [0.4, 0.5) is 4.39 Å². The Morgan fingerprint density at radius 1 is 1.24 bits per heavy atom. The standard InChI is InChI=1S/C11H8FNO3S/c12-8-3-1-7(2-4-8)10-11-9(16-13-10)5-6-17(11,14)15/h1-6,9,11H. The van der Waals surface area contributed by atoms with Gasteiger partial charge in [0.1, 0.15) is 11.5 Å². The van der Waals surface area contributed by atoms with Crippen molar-refractivity contribution in [3.63, 3.8) is 0 Å². The van der Waals surface area contributed by atoms with Crippen molar-refractivity contribution in [3.05, 3.63) is 47.1 Å². The molecule has 2 heterocycles. The number of halogens is 1. The predicted molar refractivity (Wildman–Crippen MR) is 59.7 cm³/mol. The number of sulfone groups is 1. The average molecular weight is 253 g/mol. The van der Waals surface area contributed by atoms with E-state index in [9.17, 15) is 12.8 Å². The molecule has 1 aromatic carbocycles. The summed E-state index contributed by atoms with van der Waals surface area (Å²) in [6, 6.07) is 5.52. The second-order valence-electron chi connectivity index (χ2n) is 3.89. The van der Waals surface area contributed by atoms with E-state index in [1.54, 1.807) is 0 Å². The van der Waals surface area contributed by atoms with Crippen LogP contribution in [0.1, 0.15) is 5.56 Å². The van der Waals surface area contributed by atoms with E-state index >= 15 is 0 Å². The van der Waals surface area contributed by atoms with Crippen LogP contribution >= 0.6 is 0 Å². The van der Waals surface area contributed by atoms with Gasteiger partial charge in [0.25, 0.3) is 0 Å². The molecule has 2 unspecified atom stereocenters. The van der Waals surface area contributed by atoms with Crippen LogP contribution in [-0.2, 0) is 14.7 Å². The first-order chi connectivity index (χ1) is 8.08. The summed E-state index contributed by atoms with van der Waals surface area (Å²) in [5, 5.41) is 4.12. The first-order valence-corrected chi connectivity index (χ1v) is 6.61. The Balaban J connectivity index is 2.03. The first-order valence-electron chi connectivity index (χ1n) is 5.00. The van der Waals surface area contributed by atoms with Gasteiger partial charge in [-0.2, -0.15) is 0 Å². The van der Waals surface area contributed by atoms with Crippen LogP contribution in [0.5, 0.6) is 0 Å². The minimum Gasteiger partial charge on any atom is -0.386 e. The van der Waals surface area contributed by atoms with Crippen molar-refractivity contribution in [3.8, 4) is 0 Å². The third kappa shape index (κ3) is 1.56. The van der Waals surface area contributed by atoms with Crippen molar-refractivity contribution >= 4 is 15.5 Å². The number of hydrogen-bond donors (Lipinski definition) is 0. The Labute approximate surface area is 97.3 Å². The lowest BCUT2D eigenvalue weighted by Crippen LogP contribution is -2.31. The van der Waals surface area contributed by atoms with E-state index in [1.807, 2.05) is 0 Å². The fourth-order valence-electron chi connectivity index (χ4n) is 1.97. The molecule has 0 amide bonds. The third-order valence-electron chi connectivity index (χ3n) is 2.79. The van der Waals surface area contributed by atoms with Crippen LogP contribution < -0.4 is 0 Å². The zero-order chi connectivity index (χ0) is 12.0. The lowest BCUT2D eigenvalue weighted by Gasteiger charge is -2.08. The van der Waals surface area contributed by atoms with Crippen molar-refractivity contribution in [2.24, 2.45) is 5.16 Å². The lowest BCUT2D eigenvalue weighted by atomic mass is 10.0. The molecular weight excluding hydrogens is 245 g/mol. The molecule has 17 heavy (non-hydrogen) atoms. The number of benzene rings is 1. The highest BCUT2D eigenvalue weighted by atomic mass is 32.2. The molecule has 2 aliphatic heterocycles. The van der Waals surface area contributed by atoms with Gasteiger partial charge in [-0.3, -0.25) is 0 Å². The Bertz CT molecular complexity index is 619. The van der Waals surface area contributed by atoms with Crippen molar-refractivity contribution in [2.45, 2.75) is 11.4 Å². The van der Waals surface area contributed by atoms with E-state index in [4.69, 9.17) is 4.84 Å². The molecule has 0 aromatic heterocycles. The molecule has 4 nitrogen and oxygen atoms in total. The minimum absolute atomic E-state index is 0.333. The summed E-state index contributed by atoms with van der Waals surface area (Å²) in [4.78, 5) is 5.04. The van der Waals surface area contributed by atoms with Crippen molar-refractivity contribution in [2.75, 3.05) is 0 Å². The molecule has 3 rings (SSSR count). The third-order valence-corrected chi connectivity index (χ3v) is 4.53. The van der Waals surface area contributed by atoms with Crippen LogP contribution in [0.15, 0.2) is 40.9 Å². The van der Waals surface area contributed by atoms with Crippen molar-refractivity contribution in [1.82, 2.24) is 0 Å². The summed E-state index contributed by atoms with van der Waals surface area (Å²) < 4.78 is 36.3. The van der Waals surface area contributed by atoms with Crippen LogP contribution in [0.25, 0.3) is 0 Å². The highest BCUT2D eigenvalue weighted by Gasteiger charge is 2.46. The van der Waals surface area contributed by atoms with Gasteiger partial charge in [0.2, 0.25) is 0 Å². The maximum absolute atomic E-state index is 12.8. The summed E-state index contributed by atoms with van der Waals surface area (Å²) in [6.07, 6.45) is 0.917. The van der Waals surface area contributed by atoms with Crippen LogP contribution in [0, 0.1) is 5.82 Å². The van der Waals surface area contributed by atoms with Gasteiger partial charge in [-0.1, -0.05) is 17.3 Å². The summed E-state index contributed by atoms with van der Waals surface area (Å²) in [5.74, 6) is -0.378. The van der Waals surface area contributed by atoms with Gasteiger partial charge in [0, 0.05) is 11.0 Å². The molecule has 0 radical (unpaired) electrons. The monoisotopic (exact) mass is 253 g/mol. The van der Waals surface area contributed by atoms with Crippen LogP contribution in [0.3, 0.4) is 0 Å². The maximum atomic E-state index is 12.8. The van der Waals surface area contributed by atoms with Crippen LogP contribution in [-0.4, -0.2) is 25.5 Å². The zero-order valence-electron chi connectivity index (χ0n) is 8.58. The largest absolute Gasteiger partial charge is 0.386 e. The molecule has 0 bridgehead atoms. The number of hydrogen-bond acceptors (Lipinski definition) is 4. The lowest BCUT2D eigenvalue weighted by molar-refractivity contribution is 0.123. The summed E-state index contributed by atoms with van der Waals surface area (Å²) in [5.41, 5.74) is 0.895. The van der Waals surface area contributed by atoms with Gasteiger partial charge in [0.15, 0.2) is 21.2 Å². The number of oxime groups is 1. The molecule has 0 saturated carbocycles. The molecule has 0 N–H and O–H groups in total. The number of fused-ring (bicyclic) bond motifs is 1. The number of rotatable bonds is 1. The molecule has 2 atom stereocenters. The van der Waals surface area contributed by atoms with E-state index < -0.39 is 21.2 Å². The predicted octanol–water partition coefficient (Wildman–Crippen LogP) is 1.24. The molecule has 88 valence electrons. The molecule has 6 heteroatoms. The van der Waals surface area contributed by atoms with Crippen molar-refractivity contribution < 1.29 is 17.6 Å². The molecule has 0 aliphatic carbocycles. The van der Waals surface area contributed by atoms with Gasteiger partial charge >= 0.3 is 0 Å². The highest BCUT2D eigenvalue weighted by Crippen LogP contribution is 2.30. The Morgan fingerprint density at radius 3 is 2.65 bits per heavy atom. The summed E-state index contributed by atoms with van der Waals surface area (Å²) in [7, 11) is -3.36. The van der Waals surface area contributed by atoms with E-state index in [0.717, 1.165) is 5.41 Å². The minimum atomic E-state index is -3.36. The van der Waals surface area contributed by atoms with Crippen LogP contribution in [0.2, 0.25) is 0 Å². The highest BCUT2D eigenvalue weighted by molar-refractivity contribution is 7.96. The van der Waals surface area contributed by atoms with Gasteiger partial charge in [0.05, 0.1) is 0 Å². The van der Waals surface area contributed by atoms with Gasteiger partial charge in [-0.05, 0) is 18.2 Å². The topological polar surface area (TPSA) is 55.7 Å².